The first-order chi connectivity index (χ1) is 21.2. The highest BCUT2D eigenvalue weighted by molar-refractivity contribution is 9.11. The van der Waals surface area contributed by atoms with Gasteiger partial charge in [-0.05, 0) is 96.5 Å². The van der Waals surface area contributed by atoms with Crippen LogP contribution in [0, 0.1) is 0 Å². The van der Waals surface area contributed by atoms with Gasteiger partial charge >= 0.3 is 8.25 Å². The van der Waals surface area contributed by atoms with Crippen LogP contribution in [-0.2, 0) is 24.8 Å². The molecule has 3 nitrogen and oxygen atoms in total. The molecule has 4 aromatic carbocycles. The van der Waals surface area contributed by atoms with Gasteiger partial charge in [0.2, 0.25) is 0 Å². The van der Waals surface area contributed by atoms with Gasteiger partial charge in [0.15, 0.2) is 0 Å². The topological polar surface area (TPSA) is 35.5 Å². The van der Waals surface area contributed by atoms with Crippen LogP contribution < -0.4 is 0 Å². The summed E-state index contributed by atoms with van der Waals surface area (Å²) < 4.78 is 32.2. The molecule has 0 aromatic heterocycles. The van der Waals surface area contributed by atoms with Crippen molar-refractivity contribution < 1.29 is 13.6 Å². The molecule has 0 saturated carbocycles. The summed E-state index contributed by atoms with van der Waals surface area (Å²) in [5, 5.41) is 0. The quantitative estimate of drug-likeness (QED) is 0.0831. The Hall–Kier alpha value is -1.05. The van der Waals surface area contributed by atoms with Crippen LogP contribution >= 0.6 is 72.0 Å². The van der Waals surface area contributed by atoms with Crippen molar-refractivity contribution in [2.24, 2.45) is 0 Å². The minimum atomic E-state index is -3.10. The summed E-state index contributed by atoms with van der Waals surface area (Å²) in [5.74, 6) is 0. The van der Waals surface area contributed by atoms with Crippen molar-refractivity contribution in [2.45, 2.75) is 76.4 Å². The van der Waals surface area contributed by atoms with E-state index in [2.05, 4.69) is 126 Å². The van der Waals surface area contributed by atoms with Gasteiger partial charge in [-0.2, -0.15) is 0 Å². The molecule has 8 heteroatoms. The molecule has 0 aliphatic carbocycles. The van der Waals surface area contributed by atoms with Crippen LogP contribution in [0.25, 0.3) is 0 Å². The monoisotopic (exact) mass is 866 g/mol. The van der Waals surface area contributed by atoms with E-state index in [4.69, 9.17) is 9.05 Å². The van der Waals surface area contributed by atoms with E-state index >= 15 is 0 Å². The van der Waals surface area contributed by atoms with E-state index in [1.54, 1.807) is 0 Å². The third-order valence-corrected chi connectivity index (χ3v) is 11.2. The zero-order valence-electron chi connectivity index (χ0n) is 25.1. The van der Waals surface area contributed by atoms with Crippen LogP contribution in [0.5, 0.6) is 0 Å². The van der Waals surface area contributed by atoms with Gasteiger partial charge in [0.25, 0.3) is 0 Å². The molecule has 0 unspecified atom stereocenters. The van der Waals surface area contributed by atoms with Crippen LogP contribution in [0.3, 0.4) is 0 Å². The molecular weight excluding hydrogens is 831 g/mol. The van der Waals surface area contributed by atoms with Gasteiger partial charge in [-0.15, -0.1) is 0 Å². The molecule has 4 rings (SSSR count). The van der Waals surface area contributed by atoms with Gasteiger partial charge in [0.05, 0.1) is 0 Å². The van der Waals surface area contributed by atoms with Crippen LogP contribution in [0.15, 0.2) is 115 Å². The van der Waals surface area contributed by atoms with E-state index in [1.807, 2.05) is 48.5 Å². The van der Waals surface area contributed by atoms with Crippen LogP contribution in [-0.4, -0.2) is 0 Å². The smallest absolute Gasteiger partial charge is 0.294 e. The number of rotatable bonds is 16. The van der Waals surface area contributed by atoms with Crippen molar-refractivity contribution in [3.05, 3.63) is 137 Å². The average molecular weight is 870 g/mol. The summed E-state index contributed by atoms with van der Waals surface area (Å²) in [7, 11) is -3.10. The largest absolute Gasteiger partial charge is 0.321 e. The van der Waals surface area contributed by atoms with Crippen LogP contribution in [0.1, 0.15) is 87.5 Å². The molecule has 0 amide bonds. The Morgan fingerprint density at radius 3 is 0.955 bits per heavy atom. The second-order valence-corrected chi connectivity index (χ2v) is 15.6. The molecular formula is C36H39Br4O3P. The Bertz CT molecular complexity index is 1270. The Kier molecular flexibility index (Phi) is 14.0. The summed E-state index contributed by atoms with van der Waals surface area (Å²) >= 11 is 14.4. The van der Waals surface area contributed by atoms with E-state index < -0.39 is 19.5 Å². The number of benzene rings is 4. The van der Waals surface area contributed by atoms with Gasteiger partial charge in [-0.25, -0.2) is 0 Å². The van der Waals surface area contributed by atoms with E-state index in [0.717, 1.165) is 78.7 Å². The van der Waals surface area contributed by atoms with E-state index in [-0.39, 0.29) is 0 Å². The van der Waals surface area contributed by atoms with Crippen molar-refractivity contribution >= 4 is 72.0 Å². The van der Waals surface area contributed by atoms with Crippen molar-refractivity contribution in [1.29, 1.82) is 0 Å². The summed E-state index contributed by atoms with van der Waals surface area (Å²) in [6.45, 7) is 4.38. The molecule has 0 spiro atoms. The summed E-state index contributed by atoms with van der Waals surface area (Å²) in [4.78, 5) is 0. The lowest BCUT2D eigenvalue weighted by molar-refractivity contribution is 0.0339. The third kappa shape index (κ3) is 9.06. The maximum Gasteiger partial charge on any atom is 0.321 e. The number of hydrogen-bond acceptors (Lipinski definition) is 3. The molecule has 0 saturated heterocycles. The van der Waals surface area contributed by atoms with Crippen molar-refractivity contribution in [1.82, 2.24) is 0 Å². The molecule has 0 aliphatic heterocycles. The Morgan fingerprint density at radius 2 is 0.727 bits per heavy atom. The molecule has 0 bridgehead atoms. The Morgan fingerprint density at radius 1 is 0.477 bits per heavy atom. The third-order valence-electron chi connectivity index (χ3n) is 8.02. The fraction of sp³-hybridized carbons (Fsp3) is 0.333. The van der Waals surface area contributed by atoms with Gasteiger partial charge in [-0.1, -0.05) is 152 Å². The highest BCUT2D eigenvalue weighted by Gasteiger charge is 2.42. The van der Waals surface area contributed by atoms with Gasteiger partial charge < -0.3 is 0 Å². The molecule has 44 heavy (non-hydrogen) atoms. The number of halogens is 4. The SMILES string of the molecule is CCCCCC(O[PH](=O)OC(CCCCC)(c1ccc(Br)cc1)c1ccc(Br)cc1)(c1ccc(Br)cc1)c1ccc(Br)cc1. The molecule has 0 aliphatic rings. The second-order valence-electron chi connectivity index (χ2n) is 11.0. The van der Waals surface area contributed by atoms with Crippen molar-refractivity contribution in [3.8, 4) is 0 Å². The molecule has 0 fully saturated rings. The zero-order valence-corrected chi connectivity index (χ0v) is 32.5. The highest BCUT2D eigenvalue weighted by atomic mass is 79.9. The second kappa shape index (κ2) is 17.2. The molecule has 234 valence electrons. The first kappa shape index (κ1) is 35.8. The lowest BCUT2D eigenvalue weighted by Crippen LogP contribution is -2.33. The Balaban J connectivity index is 1.85. The first-order valence-corrected chi connectivity index (χ1v) is 19.6. The average Bonchev–Trinajstić information content (AvgIpc) is 3.02. The summed E-state index contributed by atoms with van der Waals surface area (Å²) in [5.41, 5.74) is 1.88. The van der Waals surface area contributed by atoms with Crippen molar-refractivity contribution in [3.63, 3.8) is 0 Å². The Labute approximate surface area is 297 Å². The van der Waals surface area contributed by atoms with Crippen LogP contribution in [0.4, 0.5) is 0 Å². The summed E-state index contributed by atoms with van der Waals surface area (Å²) in [6, 6.07) is 32.6. The molecule has 4 aromatic rings. The van der Waals surface area contributed by atoms with E-state index in [0.29, 0.717) is 12.8 Å². The highest BCUT2D eigenvalue weighted by Crippen LogP contribution is 2.52. The van der Waals surface area contributed by atoms with Gasteiger partial charge in [0, 0.05) is 17.9 Å². The van der Waals surface area contributed by atoms with Crippen LogP contribution in [0.2, 0.25) is 0 Å². The van der Waals surface area contributed by atoms with E-state index in [1.165, 1.54) is 0 Å². The number of hydrogen-bond donors (Lipinski definition) is 0. The predicted molar refractivity (Wildman–Crippen MR) is 198 cm³/mol. The molecule has 0 atom stereocenters. The fourth-order valence-electron chi connectivity index (χ4n) is 5.68. The zero-order chi connectivity index (χ0) is 31.6. The molecule has 0 heterocycles. The first-order valence-electron chi connectivity index (χ1n) is 15.2. The standard InChI is InChI=1S/C36H39Br4O3P/c1-3-5-7-25-35(27-9-17-31(37)18-10-27,28-11-19-32(38)20-12-28)42-44(41)43-36(26-8-6-4-2,29-13-21-33(39)22-14-29)30-15-23-34(40)24-16-30/h9-24,44H,3-8,25-26H2,1-2H3. The van der Waals surface area contributed by atoms with Crippen molar-refractivity contribution in [2.75, 3.05) is 0 Å². The number of unbranched alkanes of at least 4 members (excludes halogenated alkanes) is 4. The van der Waals surface area contributed by atoms with E-state index in [9.17, 15) is 4.57 Å². The molecule has 0 radical (unpaired) electrons. The predicted octanol–water partition coefficient (Wildman–Crippen LogP) is 13.5. The maximum absolute atomic E-state index is 14.6. The van der Waals surface area contributed by atoms with Gasteiger partial charge in [-0.3, -0.25) is 13.6 Å². The minimum Gasteiger partial charge on any atom is -0.294 e. The normalized spacial score (nSPS) is 12.2. The molecule has 0 N–H and O–H groups in total. The summed E-state index contributed by atoms with van der Waals surface area (Å²) in [6.07, 6.45) is 7.38. The minimum absolute atomic E-state index is 0.670. The van der Waals surface area contributed by atoms with Gasteiger partial charge in [0.1, 0.15) is 11.2 Å². The maximum atomic E-state index is 14.6. The lowest BCUT2D eigenvalue weighted by Gasteiger charge is -2.39. The fourth-order valence-corrected chi connectivity index (χ4v) is 8.02. The lowest BCUT2D eigenvalue weighted by atomic mass is 9.82.